The minimum Gasteiger partial charge on any atom is -0.285 e. The van der Waals surface area contributed by atoms with Gasteiger partial charge in [0.1, 0.15) is 0 Å². The second kappa shape index (κ2) is 4.18. The first-order chi connectivity index (χ1) is 8.31. The van der Waals surface area contributed by atoms with Crippen molar-refractivity contribution in [3.8, 4) is 0 Å². The molecule has 0 aromatic heterocycles. The fourth-order valence-electron chi connectivity index (χ4n) is 1.99. The second-order valence-corrected chi connectivity index (χ2v) is 5.62. The van der Waals surface area contributed by atoms with Gasteiger partial charge in [-0.05, 0) is 19.1 Å². The average molecular weight is 269 g/mol. The summed E-state index contributed by atoms with van der Waals surface area (Å²) in [6, 6.07) is 5.36. The predicted octanol–water partition coefficient (Wildman–Crippen LogP) is 0.559. The molecule has 0 saturated carbocycles. The summed E-state index contributed by atoms with van der Waals surface area (Å²) in [5, 5.41) is 0. The summed E-state index contributed by atoms with van der Waals surface area (Å²) in [6.45, 7) is 1.40. The third-order valence-electron chi connectivity index (χ3n) is 2.72. The van der Waals surface area contributed by atoms with Gasteiger partial charge in [0.2, 0.25) is 0 Å². The highest BCUT2D eigenvalue weighted by Crippen LogP contribution is 2.24. The summed E-state index contributed by atoms with van der Waals surface area (Å²) in [6.07, 6.45) is 0. The summed E-state index contributed by atoms with van der Waals surface area (Å²) < 4.78 is 30.3. The van der Waals surface area contributed by atoms with Crippen LogP contribution in [0.3, 0.4) is 0 Å². The van der Waals surface area contributed by atoms with Gasteiger partial charge in [-0.3, -0.25) is 19.0 Å². The smallest absolute Gasteiger partial charge is 0.266 e. The van der Waals surface area contributed by atoms with Gasteiger partial charge in [-0.15, -0.1) is 0 Å². The van der Waals surface area contributed by atoms with Crippen LogP contribution in [-0.4, -0.2) is 41.5 Å². The number of imide groups is 1. The number of hydrogen-bond acceptors (Lipinski definition) is 4. The zero-order valence-electron chi connectivity index (χ0n) is 9.53. The van der Waals surface area contributed by atoms with Gasteiger partial charge in [0.15, 0.2) is 0 Å². The van der Waals surface area contributed by atoms with E-state index in [9.17, 15) is 18.0 Å². The highest BCUT2D eigenvalue weighted by molar-refractivity contribution is 7.85. The van der Waals surface area contributed by atoms with Crippen molar-refractivity contribution in [1.82, 2.24) is 4.90 Å². The zero-order chi connectivity index (χ0) is 13.5. The molecule has 1 aliphatic rings. The molecular weight excluding hydrogens is 258 g/mol. The van der Waals surface area contributed by atoms with Crippen LogP contribution in [0.4, 0.5) is 0 Å². The first kappa shape index (κ1) is 12.7. The molecule has 0 bridgehead atoms. The molecule has 0 radical (unpaired) electrons. The fraction of sp³-hybridized carbons (Fsp3) is 0.273. The Morgan fingerprint density at radius 3 is 2.00 bits per heavy atom. The van der Waals surface area contributed by atoms with Gasteiger partial charge in [-0.1, -0.05) is 12.1 Å². The number of nitrogens with zero attached hydrogens (tertiary/aromatic N) is 1. The Labute approximate surface area is 104 Å². The van der Waals surface area contributed by atoms with Crippen molar-refractivity contribution in [3.63, 3.8) is 0 Å². The van der Waals surface area contributed by atoms with Crippen molar-refractivity contribution in [2.75, 3.05) is 5.75 Å². The maximum Gasteiger partial charge on any atom is 0.266 e. The summed E-state index contributed by atoms with van der Waals surface area (Å²) in [5.74, 6) is -1.74. The molecule has 1 aliphatic heterocycles. The number of carbonyl (C=O) groups is 2. The van der Waals surface area contributed by atoms with Crippen molar-refractivity contribution in [1.29, 1.82) is 0 Å². The van der Waals surface area contributed by atoms with Gasteiger partial charge in [0, 0.05) is 0 Å². The Morgan fingerprint density at radius 1 is 1.17 bits per heavy atom. The monoisotopic (exact) mass is 269 g/mol. The number of hydrogen-bond donors (Lipinski definition) is 1. The molecule has 1 aromatic rings. The van der Waals surface area contributed by atoms with Crippen molar-refractivity contribution in [3.05, 3.63) is 35.4 Å². The lowest BCUT2D eigenvalue weighted by molar-refractivity contribution is 0.0610. The quantitative estimate of drug-likeness (QED) is 0.639. The van der Waals surface area contributed by atoms with E-state index in [1.807, 2.05) is 0 Å². The lowest BCUT2D eigenvalue weighted by atomic mass is 10.1. The Hall–Kier alpha value is -1.73. The molecule has 1 N–H and O–H groups in total. The standard InChI is InChI=1S/C11H11NO5S/c1-7(6-18(15,16)17)12-10(13)8-4-2-3-5-9(8)11(12)14/h2-5,7H,6H2,1H3,(H,15,16,17). The predicted molar refractivity (Wildman–Crippen MR) is 62.8 cm³/mol. The van der Waals surface area contributed by atoms with Crippen molar-refractivity contribution in [2.45, 2.75) is 13.0 Å². The van der Waals surface area contributed by atoms with Gasteiger partial charge in [-0.25, -0.2) is 0 Å². The Morgan fingerprint density at radius 2 is 1.61 bits per heavy atom. The van der Waals surface area contributed by atoms with Gasteiger partial charge >= 0.3 is 0 Å². The largest absolute Gasteiger partial charge is 0.285 e. The molecule has 96 valence electrons. The highest BCUT2D eigenvalue weighted by Gasteiger charge is 2.39. The molecule has 7 heteroatoms. The van der Waals surface area contributed by atoms with Crippen LogP contribution in [-0.2, 0) is 10.1 Å². The van der Waals surface area contributed by atoms with Crippen LogP contribution in [0.25, 0.3) is 0 Å². The number of fused-ring (bicyclic) bond motifs is 1. The molecule has 0 fully saturated rings. The maximum atomic E-state index is 12.0. The topological polar surface area (TPSA) is 91.8 Å². The Kier molecular flexibility index (Phi) is 2.95. The molecule has 0 spiro atoms. The highest BCUT2D eigenvalue weighted by atomic mass is 32.2. The lowest BCUT2D eigenvalue weighted by Gasteiger charge is -2.20. The zero-order valence-corrected chi connectivity index (χ0v) is 10.3. The van der Waals surface area contributed by atoms with E-state index in [0.717, 1.165) is 4.90 Å². The maximum absolute atomic E-state index is 12.0. The minimum atomic E-state index is -4.24. The van der Waals surface area contributed by atoms with Crippen molar-refractivity contribution < 1.29 is 22.6 Å². The normalized spacial score (nSPS) is 16.9. The lowest BCUT2D eigenvalue weighted by Crippen LogP contribution is -2.41. The van der Waals surface area contributed by atoms with Crippen LogP contribution in [0.2, 0.25) is 0 Å². The van der Waals surface area contributed by atoms with Crippen molar-refractivity contribution in [2.24, 2.45) is 0 Å². The molecule has 0 aliphatic carbocycles. The summed E-state index contributed by atoms with van der Waals surface area (Å²) in [5.41, 5.74) is 0.509. The fourth-order valence-corrected chi connectivity index (χ4v) is 2.75. The number of carbonyl (C=O) groups excluding carboxylic acids is 2. The van der Waals surface area contributed by atoms with E-state index in [1.165, 1.54) is 19.1 Å². The van der Waals surface area contributed by atoms with E-state index >= 15 is 0 Å². The third kappa shape index (κ3) is 2.14. The molecule has 6 nitrogen and oxygen atoms in total. The van der Waals surface area contributed by atoms with Crippen LogP contribution < -0.4 is 0 Å². The Balaban J connectivity index is 2.34. The van der Waals surface area contributed by atoms with Crippen LogP contribution in [0.5, 0.6) is 0 Å². The molecule has 1 heterocycles. The van der Waals surface area contributed by atoms with E-state index in [0.29, 0.717) is 0 Å². The van der Waals surface area contributed by atoms with E-state index in [2.05, 4.69) is 0 Å². The summed E-state index contributed by atoms with van der Waals surface area (Å²) in [7, 11) is -4.24. The average Bonchev–Trinajstić information content (AvgIpc) is 2.50. The SMILES string of the molecule is CC(CS(=O)(=O)O)N1C(=O)c2ccccc2C1=O. The van der Waals surface area contributed by atoms with Gasteiger partial charge in [0.05, 0.1) is 22.9 Å². The minimum absolute atomic E-state index is 0.254. The molecule has 1 aromatic carbocycles. The van der Waals surface area contributed by atoms with E-state index in [4.69, 9.17) is 4.55 Å². The second-order valence-electron chi connectivity index (χ2n) is 4.12. The van der Waals surface area contributed by atoms with Crippen LogP contribution >= 0.6 is 0 Å². The van der Waals surface area contributed by atoms with Crippen LogP contribution in [0.15, 0.2) is 24.3 Å². The van der Waals surface area contributed by atoms with E-state index in [-0.39, 0.29) is 11.1 Å². The first-order valence-corrected chi connectivity index (χ1v) is 6.84. The first-order valence-electron chi connectivity index (χ1n) is 5.23. The molecule has 18 heavy (non-hydrogen) atoms. The Bertz CT molecular complexity index is 587. The third-order valence-corrected chi connectivity index (χ3v) is 3.62. The molecule has 0 saturated heterocycles. The molecule has 1 unspecified atom stereocenters. The summed E-state index contributed by atoms with van der Waals surface area (Å²) in [4.78, 5) is 24.8. The van der Waals surface area contributed by atoms with E-state index < -0.39 is 33.7 Å². The molecule has 1 atom stereocenters. The molecule has 2 rings (SSSR count). The van der Waals surface area contributed by atoms with E-state index in [1.54, 1.807) is 12.1 Å². The van der Waals surface area contributed by atoms with Gasteiger partial charge < -0.3 is 0 Å². The molecule has 2 amide bonds. The summed E-state index contributed by atoms with van der Waals surface area (Å²) >= 11 is 0. The van der Waals surface area contributed by atoms with Crippen LogP contribution in [0.1, 0.15) is 27.6 Å². The van der Waals surface area contributed by atoms with Crippen LogP contribution in [0, 0.1) is 0 Å². The number of rotatable bonds is 3. The van der Waals surface area contributed by atoms with Gasteiger partial charge in [-0.2, -0.15) is 8.42 Å². The van der Waals surface area contributed by atoms with Gasteiger partial charge in [0.25, 0.3) is 21.9 Å². The molecular formula is C11H11NO5S. The van der Waals surface area contributed by atoms with Crippen molar-refractivity contribution >= 4 is 21.9 Å². The number of benzene rings is 1. The number of amides is 2.